The highest BCUT2D eigenvalue weighted by Gasteiger charge is 2.31. The quantitative estimate of drug-likeness (QED) is 0.127. The molecule has 2 fully saturated rings. The molecule has 0 saturated carbocycles. The molecule has 2 atom stereocenters. The number of nitrogens with one attached hydrogen (secondary N) is 4. The molecule has 16 heteroatoms. The van der Waals surface area contributed by atoms with E-state index in [0.29, 0.717) is 69.8 Å². The Balaban J connectivity index is 0.000000213. The first-order valence-electron chi connectivity index (χ1n) is 21.7. The van der Waals surface area contributed by atoms with Crippen LogP contribution in [-0.4, -0.2) is 117 Å². The standard InChI is InChI=1S/C25H28N6O.C23H30N6O3/c26-14-20-6-8-22(9-7-20)17-31-19-27-15-23(31)10-11-29-25(32)24-18-30(13-12-28-24)16-21-4-2-1-3-5-21;1-23(2,3)32-22(31)28-11-10-26-20(15-28)21(30)27-9-8-19-13-25-16-29(19)14-18-6-4-17(12-24)5-7-18/h1-9,15,19,24,28H,10-13,16-18H2,(H,29,32);4-7,13,16,20,26H,8-11,14-15H2,1-3H3,(H,27,30)/t24-;20-/m11/s1. The number of nitriles is 2. The Hall–Kier alpha value is -6.85. The van der Waals surface area contributed by atoms with Crippen LogP contribution in [0.2, 0.25) is 0 Å². The van der Waals surface area contributed by atoms with Crippen molar-refractivity contribution in [2.45, 2.75) is 70.9 Å². The number of benzene rings is 3. The Morgan fingerprint density at radius 1 is 0.688 bits per heavy atom. The molecular formula is C48H58N12O4. The summed E-state index contributed by atoms with van der Waals surface area (Å²) in [5.41, 5.74) is 6.23. The highest BCUT2D eigenvalue weighted by molar-refractivity contribution is 5.83. The Morgan fingerprint density at radius 3 is 1.67 bits per heavy atom. The number of aromatic nitrogens is 4. The summed E-state index contributed by atoms with van der Waals surface area (Å²) >= 11 is 0. The Kier molecular flexibility index (Phi) is 16.8. The van der Waals surface area contributed by atoms with Crippen molar-refractivity contribution in [3.63, 3.8) is 0 Å². The number of carbonyl (C=O) groups excluding carboxylic acids is 3. The molecule has 2 aromatic heterocycles. The molecule has 2 aliphatic heterocycles. The van der Waals surface area contributed by atoms with Gasteiger partial charge in [0.2, 0.25) is 11.8 Å². The highest BCUT2D eigenvalue weighted by atomic mass is 16.6. The van der Waals surface area contributed by atoms with Gasteiger partial charge in [-0.25, -0.2) is 14.8 Å². The Morgan fingerprint density at radius 2 is 1.17 bits per heavy atom. The highest BCUT2D eigenvalue weighted by Crippen LogP contribution is 2.14. The second-order valence-corrected chi connectivity index (χ2v) is 16.9. The average Bonchev–Trinajstić information content (AvgIpc) is 3.95. The van der Waals surface area contributed by atoms with E-state index in [2.05, 4.69) is 65.0 Å². The van der Waals surface area contributed by atoms with Crippen molar-refractivity contribution in [1.82, 2.24) is 50.2 Å². The number of amides is 3. The van der Waals surface area contributed by atoms with Crippen molar-refractivity contribution < 1.29 is 19.1 Å². The number of nitrogens with zero attached hydrogens (tertiary/aromatic N) is 8. The van der Waals surface area contributed by atoms with Crippen LogP contribution < -0.4 is 21.3 Å². The van der Waals surface area contributed by atoms with Crippen molar-refractivity contribution >= 4 is 17.9 Å². The molecule has 3 amide bonds. The van der Waals surface area contributed by atoms with Gasteiger partial charge < -0.3 is 40.0 Å². The third kappa shape index (κ3) is 14.4. The first-order chi connectivity index (χ1) is 31.0. The summed E-state index contributed by atoms with van der Waals surface area (Å²) in [6.45, 7) is 12.5. The summed E-state index contributed by atoms with van der Waals surface area (Å²) in [5.74, 6) is -0.0997. The molecule has 2 aliphatic rings. The van der Waals surface area contributed by atoms with Crippen LogP contribution in [0.25, 0.3) is 0 Å². The van der Waals surface area contributed by atoms with E-state index in [1.165, 1.54) is 5.56 Å². The summed E-state index contributed by atoms with van der Waals surface area (Å²) in [6, 6.07) is 29.0. The number of rotatable bonds is 14. The molecule has 16 nitrogen and oxygen atoms in total. The van der Waals surface area contributed by atoms with Gasteiger partial charge in [-0.3, -0.25) is 14.5 Å². The van der Waals surface area contributed by atoms with Crippen LogP contribution >= 0.6 is 0 Å². The lowest BCUT2D eigenvalue weighted by atomic mass is 10.1. The number of carbonyl (C=O) groups is 3. The van der Waals surface area contributed by atoms with Crippen LogP contribution in [0.1, 0.15) is 60.0 Å². The van der Waals surface area contributed by atoms with Crippen molar-refractivity contribution in [1.29, 1.82) is 10.5 Å². The largest absolute Gasteiger partial charge is 0.444 e. The molecule has 7 rings (SSSR count). The van der Waals surface area contributed by atoms with E-state index in [1.54, 1.807) is 35.9 Å². The average molecular weight is 867 g/mol. The van der Waals surface area contributed by atoms with Crippen LogP contribution in [-0.2, 0) is 46.8 Å². The fraction of sp³-hybridized carbons (Fsp3) is 0.396. The lowest BCUT2D eigenvalue weighted by Crippen LogP contribution is -2.59. The van der Waals surface area contributed by atoms with Gasteiger partial charge in [-0.1, -0.05) is 54.6 Å². The molecule has 0 aliphatic carbocycles. The van der Waals surface area contributed by atoms with Gasteiger partial charge in [0.05, 0.1) is 42.0 Å². The molecule has 0 unspecified atom stereocenters. The maximum absolute atomic E-state index is 12.7. The molecule has 3 aromatic carbocycles. The van der Waals surface area contributed by atoms with Crippen LogP contribution in [0, 0.1) is 22.7 Å². The van der Waals surface area contributed by atoms with Crippen LogP contribution in [0.5, 0.6) is 0 Å². The molecule has 4 heterocycles. The van der Waals surface area contributed by atoms with E-state index in [1.807, 2.05) is 86.1 Å². The van der Waals surface area contributed by atoms with Gasteiger partial charge in [-0.2, -0.15) is 10.5 Å². The number of piperazine rings is 2. The van der Waals surface area contributed by atoms with Gasteiger partial charge in [0.15, 0.2) is 0 Å². The summed E-state index contributed by atoms with van der Waals surface area (Å²) in [6.07, 6.45) is 8.14. The first kappa shape index (κ1) is 46.6. The third-order valence-electron chi connectivity index (χ3n) is 10.8. The number of hydrogen-bond donors (Lipinski definition) is 4. The van der Waals surface area contributed by atoms with Crippen molar-refractivity contribution in [3.05, 3.63) is 143 Å². The van der Waals surface area contributed by atoms with E-state index in [-0.39, 0.29) is 24.4 Å². The second-order valence-electron chi connectivity index (χ2n) is 16.9. The van der Waals surface area contributed by atoms with Gasteiger partial charge in [0, 0.05) is 109 Å². The monoisotopic (exact) mass is 866 g/mol. The topological polar surface area (TPSA) is 198 Å². The number of ether oxygens (including phenoxy) is 1. The molecule has 0 spiro atoms. The lowest BCUT2D eigenvalue weighted by molar-refractivity contribution is -0.125. The van der Waals surface area contributed by atoms with E-state index in [9.17, 15) is 14.4 Å². The maximum atomic E-state index is 12.7. The van der Waals surface area contributed by atoms with Gasteiger partial charge >= 0.3 is 6.09 Å². The van der Waals surface area contributed by atoms with Gasteiger partial charge in [0.25, 0.3) is 0 Å². The van der Waals surface area contributed by atoms with Crippen molar-refractivity contribution in [2.75, 3.05) is 52.4 Å². The van der Waals surface area contributed by atoms with E-state index in [0.717, 1.165) is 42.1 Å². The third-order valence-corrected chi connectivity index (χ3v) is 10.8. The predicted octanol–water partition coefficient (Wildman–Crippen LogP) is 3.61. The smallest absolute Gasteiger partial charge is 0.410 e. The fourth-order valence-corrected chi connectivity index (χ4v) is 7.42. The SMILES string of the molecule is CC(C)(C)OC(=O)N1CCN[C@@H](C(=O)NCCc2cncn2Cc2ccc(C#N)cc2)C1.N#Cc1ccc(Cn2cncc2CCNC(=O)[C@H]2CN(Cc3ccccc3)CCN2)cc1. The van der Waals surface area contributed by atoms with Crippen molar-refractivity contribution in [3.8, 4) is 12.1 Å². The Labute approximate surface area is 375 Å². The van der Waals surface area contributed by atoms with E-state index < -0.39 is 17.7 Å². The van der Waals surface area contributed by atoms with Crippen molar-refractivity contribution in [2.24, 2.45) is 0 Å². The first-order valence-corrected chi connectivity index (χ1v) is 21.7. The zero-order chi connectivity index (χ0) is 45.3. The number of hydrogen-bond acceptors (Lipinski definition) is 11. The minimum absolute atomic E-state index is 0.0425. The minimum atomic E-state index is -0.569. The second kappa shape index (κ2) is 23.0. The van der Waals surface area contributed by atoms with Crippen LogP contribution in [0.4, 0.5) is 4.79 Å². The zero-order valence-corrected chi connectivity index (χ0v) is 36.9. The van der Waals surface area contributed by atoms with Crippen LogP contribution in [0.3, 0.4) is 0 Å². The molecule has 5 aromatic rings. The van der Waals surface area contributed by atoms with E-state index in [4.69, 9.17) is 15.3 Å². The normalized spacial score (nSPS) is 16.4. The predicted molar refractivity (Wildman–Crippen MR) is 242 cm³/mol. The summed E-state index contributed by atoms with van der Waals surface area (Å²) in [4.78, 5) is 50.0. The lowest BCUT2D eigenvalue weighted by Gasteiger charge is -2.34. The van der Waals surface area contributed by atoms with Gasteiger partial charge in [-0.15, -0.1) is 0 Å². The van der Waals surface area contributed by atoms with Crippen LogP contribution in [0.15, 0.2) is 104 Å². The fourth-order valence-electron chi connectivity index (χ4n) is 7.42. The van der Waals surface area contributed by atoms with Gasteiger partial charge in [-0.05, 0) is 61.7 Å². The van der Waals surface area contributed by atoms with Gasteiger partial charge in [0.1, 0.15) is 11.6 Å². The molecular weight excluding hydrogens is 809 g/mol. The minimum Gasteiger partial charge on any atom is -0.444 e. The summed E-state index contributed by atoms with van der Waals surface area (Å²) in [7, 11) is 0. The summed E-state index contributed by atoms with van der Waals surface area (Å²) < 4.78 is 9.51. The molecule has 0 radical (unpaired) electrons. The summed E-state index contributed by atoms with van der Waals surface area (Å²) in [5, 5.41) is 30.4. The molecule has 2 saturated heterocycles. The maximum Gasteiger partial charge on any atom is 0.410 e. The molecule has 64 heavy (non-hydrogen) atoms. The Bertz CT molecular complexity index is 2360. The van der Waals surface area contributed by atoms with E-state index >= 15 is 0 Å². The molecule has 334 valence electrons. The molecule has 4 N–H and O–H groups in total. The number of imidazole rings is 2. The zero-order valence-electron chi connectivity index (χ0n) is 36.9. The molecule has 0 bridgehead atoms.